The monoisotopic (exact) mass is 435 g/mol. The van der Waals surface area contributed by atoms with E-state index in [-0.39, 0.29) is 25.4 Å². The molecule has 0 aliphatic carbocycles. The second-order valence-corrected chi connectivity index (χ2v) is 8.35. The van der Waals surface area contributed by atoms with E-state index in [4.69, 9.17) is 4.74 Å². The van der Waals surface area contributed by atoms with E-state index in [0.29, 0.717) is 26.2 Å². The molecule has 1 aromatic heterocycles. The number of β-amino-alcohol motifs (C(OH)–C–C–N with tert-alkyl or cyclic N) is 1. The van der Waals surface area contributed by atoms with Crippen molar-refractivity contribution < 1.29 is 14.6 Å². The minimum atomic E-state index is -1.14. The Balaban J connectivity index is 1.50. The van der Waals surface area contributed by atoms with Crippen LogP contribution >= 0.6 is 0 Å². The number of nitrogens with zero attached hydrogens (tertiary/aromatic N) is 5. The normalized spacial score (nSPS) is 19.5. The van der Waals surface area contributed by atoms with Gasteiger partial charge in [-0.2, -0.15) is 5.10 Å². The third-order valence-corrected chi connectivity index (χ3v) is 5.73. The summed E-state index contributed by atoms with van der Waals surface area (Å²) in [5.74, 6) is 0.753. The highest BCUT2D eigenvalue weighted by Crippen LogP contribution is 2.20. The number of hydrogen-bond acceptors (Lipinski definition) is 6. The zero-order valence-corrected chi connectivity index (χ0v) is 18.3. The predicted molar refractivity (Wildman–Crippen MR) is 120 cm³/mol. The Morgan fingerprint density at radius 1 is 1.06 bits per heavy atom. The number of ether oxygens (including phenoxy) is 1. The maximum atomic E-state index is 13.2. The third-order valence-electron chi connectivity index (χ3n) is 5.73. The van der Waals surface area contributed by atoms with Gasteiger partial charge in [0.2, 0.25) is 5.91 Å². The number of carbonyl (C=O) groups excluding carboxylic acids is 1. The van der Waals surface area contributed by atoms with Crippen LogP contribution in [0.4, 0.5) is 0 Å². The molecule has 1 atom stereocenters. The number of aromatic nitrogens is 3. The lowest BCUT2D eigenvalue weighted by Crippen LogP contribution is -2.51. The summed E-state index contributed by atoms with van der Waals surface area (Å²) >= 11 is 0. The van der Waals surface area contributed by atoms with Crippen molar-refractivity contribution in [2.75, 3.05) is 33.3 Å². The molecule has 1 fully saturated rings. The van der Waals surface area contributed by atoms with E-state index in [2.05, 4.69) is 27.1 Å². The lowest BCUT2D eigenvalue weighted by atomic mass is 10.0. The van der Waals surface area contributed by atoms with Gasteiger partial charge in [0.15, 0.2) is 0 Å². The van der Waals surface area contributed by atoms with Crippen molar-refractivity contribution in [1.29, 1.82) is 0 Å². The van der Waals surface area contributed by atoms with Crippen LogP contribution in [0.5, 0.6) is 5.75 Å². The summed E-state index contributed by atoms with van der Waals surface area (Å²) in [6.45, 7) is 2.90. The Hall–Kier alpha value is -3.23. The molecular formula is C24H29N5O3. The molecule has 1 saturated heterocycles. The first-order valence-electron chi connectivity index (χ1n) is 10.7. The van der Waals surface area contributed by atoms with Gasteiger partial charge in [0.1, 0.15) is 24.0 Å². The van der Waals surface area contributed by atoms with Gasteiger partial charge in [-0.15, -0.1) is 0 Å². The van der Waals surface area contributed by atoms with Crippen molar-refractivity contribution in [3.05, 3.63) is 78.4 Å². The van der Waals surface area contributed by atoms with Crippen LogP contribution in [0.15, 0.2) is 67.3 Å². The first-order valence-corrected chi connectivity index (χ1v) is 10.7. The number of benzene rings is 2. The van der Waals surface area contributed by atoms with Gasteiger partial charge in [-0.05, 0) is 23.3 Å². The predicted octanol–water partition coefficient (Wildman–Crippen LogP) is 1.60. The van der Waals surface area contributed by atoms with Crippen molar-refractivity contribution in [3.63, 3.8) is 0 Å². The Bertz CT molecular complexity index is 994. The summed E-state index contributed by atoms with van der Waals surface area (Å²) in [5, 5.41) is 15.7. The third kappa shape index (κ3) is 5.72. The number of methoxy groups -OCH3 is 1. The molecule has 168 valence electrons. The van der Waals surface area contributed by atoms with E-state index >= 15 is 0 Å². The molecule has 0 saturated carbocycles. The highest BCUT2D eigenvalue weighted by Gasteiger charge is 2.37. The maximum absolute atomic E-state index is 13.2. The molecule has 2 heterocycles. The Morgan fingerprint density at radius 2 is 1.84 bits per heavy atom. The average Bonchev–Trinajstić information content (AvgIpc) is 3.24. The van der Waals surface area contributed by atoms with Crippen molar-refractivity contribution >= 4 is 5.91 Å². The lowest BCUT2D eigenvalue weighted by molar-refractivity contribution is -0.133. The summed E-state index contributed by atoms with van der Waals surface area (Å²) < 4.78 is 6.82. The van der Waals surface area contributed by atoms with Crippen LogP contribution in [0.2, 0.25) is 0 Å². The van der Waals surface area contributed by atoms with Crippen molar-refractivity contribution in [2.24, 2.45) is 0 Å². The van der Waals surface area contributed by atoms with E-state index in [1.807, 2.05) is 42.5 Å². The molecule has 1 amide bonds. The molecule has 0 unspecified atom stereocenters. The molecule has 1 N–H and O–H groups in total. The van der Waals surface area contributed by atoms with Gasteiger partial charge in [0, 0.05) is 26.2 Å². The van der Waals surface area contributed by atoms with Crippen LogP contribution < -0.4 is 4.74 Å². The summed E-state index contributed by atoms with van der Waals surface area (Å²) in [6, 6.07) is 17.7. The Kier molecular flexibility index (Phi) is 6.82. The fourth-order valence-corrected chi connectivity index (χ4v) is 4.18. The molecule has 1 aliphatic rings. The van der Waals surface area contributed by atoms with E-state index in [0.717, 1.165) is 11.3 Å². The number of carbonyl (C=O) groups is 1. The molecular weight excluding hydrogens is 406 g/mol. The van der Waals surface area contributed by atoms with Crippen molar-refractivity contribution in [2.45, 2.75) is 25.1 Å². The number of rotatable bonds is 7. The van der Waals surface area contributed by atoms with Crippen molar-refractivity contribution in [1.82, 2.24) is 24.6 Å². The van der Waals surface area contributed by atoms with Crippen LogP contribution in [0.3, 0.4) is 0 Å². The first kappa shape index (κ1) is 22.0. The zero-order chi connectivity index (χ0) is 22.4. The average molecular weight is 436 g/mol. The Labute approximate surface area is 188 Å². The molecule has 0 bridgehead atoms. The van der Waals surface area contributed by atoms with Crippen LogP contribution in [0.25, 0.3) is 0 Å². The van der Waals surface area contributed by atoms with E-state index in [1.165, 1.54) is 11.9 Å². The highest BCUT2D eigenvalue weighted by molar-refractivity contribution is 5.79. The van der Waals surface area contributed by atoms with Crippen LogP contribution in [0, 0.1) is 0 Å². The fourth-order valence-electron chi connectivity index (χ4n) is 4.18. The standard InChI is InChI=1S/C24H29N5O3/c1-32-22-9-7-20(8-10-22)13-23(30)28-12-11-27(14-21-5-3-2-4-6-21)15-24(31,16-28)17-29-19-25-18-26-29/h2-10,18-19,31H,11-17H2,1H3/t24-/m0/s1. The molecule has 0 spiro atoms. The molecule has 8 heteroatoms. The Morgan fingerprint density at radius 3 is 2.53 bits per heavy atom. The molecule has 32 heavy (non-hydrogen) atoms. The van der Waals surface area contributed by atoms with Gasteiger partial charge in [-0.3, -0.25) is 9.69 Å². The molecule has 3 aromatic rings. The molecule has 1 aliphatic heterocycles. The fraction of sp³-hybridized carbons (Fsp3) is 0.375. The summed E-state index contributed by atoms with van der Waals surface area (Å²) in [6.07, 6.45) is 3.32. The van der Waals surface area contributed by atoms with Crippen molar-refractivity contribution in [3.8, 4) is 5.75 Å². The minimum Gasteiger partial charge on any atom is -0.497 e. The van der Waals surface area contributed by atoms with Gasteiger partial charge >= 0.3 is 0 Å². The maximum Gasteiger partial charge on any atom is 0.227 e. The smallest absolute Gasteiger partial charge is 0.227 e. The van der Waals surface area contributed by atoms with Gasteiger partial charge < -0.3 is 14.7 Å². The number of amides is 1. The van der Waals surface area contributed by atoms with Gasteiger partial charge in [0.25, 0.3) is 0 Å². The largest absolute Gasteiger partial charge is 0.497 e. The van der Waals surface area contributed by atoms with Gasteiger partial charge in [-0.1, -0.05) is 42.5 Å². The SMILES string of the molecule is COc1ccc(CC(=O)N2CCN(Cc3ccccc3)C[C@@](O)(Cn3cncn3)C2)cc1. The minimum absolute atomic E-state index is 0.00579. The number of hydrogen-bond donors (Lipinski definition) is 1. The summed E-state index contributed by atoms with van der Waals surface area (Å²) in [5.41, 5.74) is 0.948. The van der Waals surface area contributed by atoms with Crippen LogP contribution in [-0.4, -0.2) is 74.5 Å². The van der Waals surface area contributed by atoms with E-state index in [1.54, 1.807) is 23.0 Å². The summed E-state index contributed by atoms with van der Waals surface area (Å²) in [7, 11) is 1.62. The molecule has 2 aromatic carbocycles. The van der Waals surface area contributed by atoms with Gasteiger partial charge in [0.05, 0.1) is 26.6 Å². The van der Waals surface area contributed by atoms with Gasteiger partial charge in [-0.25, -0.2) is 9.67 Å². The van der Waals surface area contributed by atoms with Crippen LogP contribution in [0.1, 0.15) is 11.1 Å². The zero-order valence-electron chi connectivity index (χ0n) is 18.3. The molecule has 8 nitrogen and oxygen atoms in total. The second-order valence-electron chi connectivity index (χ2n) is 8.35. The first-order chi connectivity index (χ1) is 15.5. The highest BCUT2D eigenvalue weighted by atomic mass is 16.5. The van der Waals surface area contributed by atoms with Crippen LogP contribution in [-0.2, 0) is 24.3 Å². The quantitative estimate of drug-likeness (QED) is 0.607. The number of aliphatic hydroxyl groups is 1. The molecule has 4 rings (SSSR count). The lowest BCUT2D eigenvalue weighted by Gasteiger charge is -2.33. The second kappa shape index (κ2) is 9.93. The molecule has 0 radical (unpaired) electrons. The topological polar surface area (TPSA) is 83.7 Å². The van der Waals surface area contributed by atoms with E-state index < -0.39 is 5.60 Å². The van der Waals surface area contributed by atoms with E-state index in [9.17, 15) is 9.90 Å². The summed E-state index contributed by atoms with van der Waals surface area (Å²) in [4.78, 5) is 21.1.